The van der Waals surface area contributed by atoms with Gasteiger partial charge in [-0.25, -0.2) is 0 Å². The van der Waals surface area contributed by atoms with Crippen molar-refractivity contribution in [1.82, 2.24) is 0 Å². The van der Waals surface area contributed by atoms with Gasteiger partial charge in [0.25, 0.3) is 0 Å². The summed E-state index contributed by atoms with van der Waals surface area (Å²) in [6.45, 7) is 8.14. The summed E-state index contributed by atoms with van der Waals surface area (Å²) in [6.07, 6.45) is 8.80. The Morgan fingerprint density at radius 3 is 2.60 bits per heavy atom. The standard InChI is InChI=1S/C13H22O2/c1-4-11-7-5-9-13(14-11)10-6-8-12(2,3)15-13/h4,11H,1,5-10H2,2-3H3/t11-,13+/m1/s1. The first-order valence-electron chi connectivity index (χ1n) is 6.06. The Morgan fingerprint density at radius 1 is 1.20 bits per heavy atom. The first kappa shape index (κ1) is 11.2. The van der Waals surface area contributed by atoms with Crippen LogP contribution in [-0.2, 0) is 9.47 Å². The lowest BCUT2D eigenvalue weighted by atomic mass is 9.88. The van der Waals surface area contributed by atoms with E-state index in [0.29, 0.717) is 0 Å². The molecule has 2 fully saturated rings. The molecule has 2 saturated heterocycles. The molecule has 2 atom stereocenters. The van der Waals surface area contributed by atoms with E-state index in [1.807, 2.05) is 6.08 Å². The van der Waals surface area contributed by atoms with Crippen molar-refractivity contribution in [1.29, 1.82) is 0 Å². The van der Waals surface area contributed by atoms with Crippen LogP contribution in [0, 0.1) is 0 Å². The summed E-state index contributed by atoms with van der Waals surface area (Å²) in [5, 5.41) is 0. The minimum Gasteiger partial charge on any atom is -0.344 e. The van der Waals surface area contributed by atoms with E-state index in [4.69, 9.17) is 9.47 Å². The van der Waals surface area contributed by atoms with Crippen molar-refractivity contribution in [2.75, 3.05) is 0 Å². The third-order valence-corrected chi connectivity index (χ3v) is 3.47. The predicted molar refractivity (Wildman–Crippen MR) is 60.7 cm³/mol. The molecule has 2 nitrogen and oxygen atoms in total. The van der Waals surface area contributed by atoms with Gasteiger partial charge in [0.2, 0.25) is 0 Å². The van der Waals surface area contributed by atoms with Crippen LogP contribution in [-0.4, -0.2) is 17.5 Å². The molecule has 1 spiro atoms. The minimum absolute atomic E-state index is 0.0265. The lowest BCUT2D eigenvalue weighted by Crippen LogP contribution is -2.50. The van der Waals surface area contributed by atoms with E-state index in [2.05, 4.69) is 20.4 Å². The van der Waals surface area contributed by atoms with Crippen LogP contribution in [0.5, 0.6) is 0 Å². The fourth-order valence-corrected chi connectivity index (χ4v) is 2.78. The summed E-state index contributed by atoms with van der Waals surface area (Å²) in [4.78, 5) is 0. The summed E-state index contributed by atoms with van der Waals surface area (Å²) in [5.41, 5.74) is -0.0265. The largest absolute Gasteiger partial charge is 0.344 e. The van der Waals surface area contributed by atoms with Gasteiger partial charge in [0.05, 0.1) is 11.7 Å². The maximum Gasteiger partial charge on any atom is 0.169 e. The lowest BCUT2D eigenvalue weighted by molar-refractivity contribution is -0.328. The number of ether oxygens (including phenoxy) is 2. The van der Waals surface area contributed by atoms with Gasteiger partial charge in [0.1, 0.15) is 0 Å². The molecule has 2 aliphatic heterocycles. The summed E-state index contributed by atoms with van der Waals surface area (Å²) in [5.74, 6) is -0.307. The van der Waals surface area contributed by atoms with E-state index in [0.717, 1.165) is 25.7 Å². The van der Waals surface area contributed by atoms with Gasteiger partial charge in [-0.2, -0.15) is 0 Å². The van der Waals surface area contributed by atoms with Crippen molar-refractivity contribution in [3.8, 4) is 0 Å². The van der Waals surface area contributed by atoms with Gasteiger partial charge < -0.3 is 9.47 Å². The molecule has 2 heteroatoms. The van der Waals surface area contributed by atoms with Gasteiger partial charge >= 0.3 is 0 Å². The topological polar surface area (TPSA) is 18.5 Å². The Balaban J connectivity index is 2.08. The molecule has 0 aliphatic carbocycles. The highest BCUT2D eigenvalue weighted by molar-refractivity contribution is 4.91. The molecule has 86 valence electrons. The van der Waals surface area contributed by atoms with Gasteiger partial charge in [-0.3, -0.25) is 0 Å². The van der Waals surface area contributed by atoms with Crippen LogP contribution in [0.15, 0.2) is 12.7 Å². The van der Waals surface area contributed by atoms with Crippen molar-refractivity contribution >= 4 is 0 Å². The Hall–Kier alpha value is -0.340. The number of hydrogen-bond acceptors (Lipinski definition) is 2. The van der Waals surface area contributed by atoms with Gasteiger partial charge in [-0.15, -0.1) is 6.58 Å². The van der Waals surface area contributed by atoms with E-state index < -0.39 is 0 Å². The maximum atomic E-state index is 6.16. The fourth-order valence-electron chi connectivity index (χ4n) is 2.78. The Labute approximate surface area is 92.6 Å². The molecule has 0 aromatic carbocycles. The maximum absolute atomic E-state index is 6.16. The van der Waals surface area contributed by atoms with Crippen molar-refractivity contribution in [3.63, 3.8) is 0 Å². The van der Waals surface area contributed by atoms with Crippen LogP contribution < -0.4 is 0 Å². The fraction of sp³-hybridized carbons (Fsp3) is 0.846. The molecule has 2 rings (SSSR count). The third kappa shape index (κ3) is 2.43. The third-order valence-electron chi connectivity index (χ3n) is 3.47. The molecular weight excluding hydrogens is 188 g/mol. The minimum atomic E-state index is -0.307. The molecule has 0 N–H and O–H groups in total. The van der Waals surface area contributed by atoms with E-state index in [-0.39, 0.29) is 17.5 Å². The van der Waals surface area contributed by atoms with Crippen molar-refractivity contribution in [2.45, 2.75) is 69.9 Å². The van der Waals surface area contributed by atoms with Gasteiger partial charge in [-0.1, -0.05) is 6.08 Å². The molecule has 0 aromatic heterocycles. The molecule has 0 saturated carbocycles. The molecule has 2 aliphatic rings. The Morgan fingerprint density at radius 2 is 1.93 bits per heavy atom. The Bertz CT molecular complexity index is 243. The zero-order valence-corrected chi connectivity index (χ0v) is 9.92. The highest BCUT2D eigenvalue weighted by Gasteiger charge is 2.44. The second-order valence-electron chi connectivity index (χ2n) is 5.41. The van der Waals surface area contributed by atoms with Crippen LogP contribution in [0.25, 0.3) is 0 Å². The molecule has 2 heterocycles. The summed E-state index contributed by atoms with van der Waals surface area (Å²) < 4.78 is 12.2. The number of rotatable bonds is 1. The van der Waals surface area contributed by atoms with Crippen LogP contribution in [0.3, 0.4) is 0 Å². The van der Waals surface area contributed by atoms with E-state index in [1.54, 1.807) is 0 Å². The molecule has 0 aromatic rings. The quantitative estimate of drug-likeness (QED) is 0.617. The smallest absolute Gasteiger partial charge is 0.169 e. The zero-order chi connectivity index (χ0) is 10.9. The monoisotopic (exact) mass is 210 g/mol. The number of hydrogen-bond donors (Lipinski definition) is 0. The molecule has 0 unspecified atom stereocenters. The predicted octanol–water partition coefficient (Wildman–Crippen LogP) is 3.42. The first-order chi connectivity index (χ1) is 7.05. The molecule has 15 heavy (non-hydrogen) atoms. The van der Waals surface area contributed by atoms with Crippen molar-refractivity contribution in [2.24, 2.45) is 0 Å². The molecule has 0 radical (unpaired) electrons. The van der Waals surface area contributed by atoms with E-state index >= 15 is 0 Å². The van der Waals surface area contributed by atoms with E-state index in [9.17, 15) is 0 Å². The van der Waals surface area contributed by atoms with Gasteiger partial charge in [0.15, 0.2) is 5.79 Å². The van der Waals surface area contributed by atoms with Crippen LogP contribution in [0.1, 0.15) is 52.4 Å². The average Bonchev–Trinajstić information content (AvgIpc) is 2.15. The average molecular weight is 210 g/mol. The Kier molecular flexibility index (Phi) is 2.91. The second kappa shape index (κ2) is 3.91. The zero-order valence-electron chi connectivity index (χ0n) is 9.92. The molecular formula is C13H22O2. The summed E-state index contributed by atoms with van der Waals surface area (Å²) in [6, 6.07) is 0. The normalized spacial score (nSPS) is 40.3. The first-order valence-corrected chi connectivity index (χ1v) is 6.06. The molecule has 0 amide bonds. The lowest BCUT2D eigenvalue weighted by Gasteiger charge is -2.48. The SMILES string of the molecule is C=C[C@@H]1CCC[C@]2(CCCC(C)(C)O2)O1. The van der Waals surface area contributed by atoms with Gasteiger partial charge in [-0.05, 0) is 39.5 Å². The van der Waals surface area contributed by atoms with Crippen LogP contribution >= 0.6 is 0 Å². The van der Waals surface area contributed by atoms with Crippen LogP contribution in [0.4, 0.5) is 0 Å². The summed E-state index contributed by atoms with van der Waals surface area (Å²) in [7, 11) is 0. The molecule has 0 bridgehead atoms. The van der Waals surface area contributed by atoms with Crippen LogP contribution in [0.2, 0.25) is 0 Å². The highest BCUT2D eigenvalue weighted by Crippen LogP contribution is 2.42. The highest BCUT2D eigenvalue weighted by atomic mass is 16.7. The van der Waals surface area contributed by atoms with Crippen molar-refractivity contribution in [3.05, 3.63) is 12.7 Å². The van der Waals surface area contributed by atoms with Gasteiger partial charge in [0, 0.05) is 12.8 Å². The summed E-state index contributed by atoms with van der Waals surface area (Å²) >= 11 is 0. The van der Waals surface area contributed by atoms with E-state index in [1.165, 1.54) is 12.8 Å². The second-order valence-corrected chi connectivity index (χ2v) is 5.41. The van der Waals surface area contributed by atoms with Crippen molar-refractivity contribution < 1.29 is 9.47 Å².